The summed E-state index contributed by atoms with van der Waals surface area (Å²) >= 11 is 0. The highest BCUT2D eigenvalue weighted by molar-refractivity contribution is 5.80. The lowest BCUT2D eigenvalue weighted by molar-refractivity contribution is -0.121. The molecule has 1 fully saturated rings. The number of carbonyl (C=O) groups excluding carboxylic acids is 2. The molecule has 3 rings (SSSR count). The van der Waals surface area contributed by atoms with E-state index < -0.39 is 0 Å². The number of aromatic nitrogens is 1. The summed E-state index contributed by atoms with van der Waals surface area (Å²) in [6.07, 6.45) is 2.69. The average Bonchev–Trinajstić information content (AvgIpc) is 2.85. The Labute approximate surface area is 147 Å². The number of hydrogen-bond donors (Lipinski definition) is 2. The fourth-order valence-corrected chi connectivity index (χ4v) is 2.99. The molecule has 1 saturated heterocycles. The van der Waals surface area contributed by atoms with Gasteiger partial charge in [-0.15, -0.1) is 0 Å². The SMILES string of the molecule is O=C1C[C@@H](c2ccccc2)N(C(=O)NCCc2ccccn2)CCN1. The minimum Gasteiger partial charge on any atom is -0.354 e. The number of urea groups is 1. The Morgan fingerprint density at radius 2 is 2.00 bits per heavy atom. The van der Waals surface area contributed by atoms with Crippen molar-refractivity contribution < 1.29 is 9.59 Å². The van der Waals surface area contributed by atoms with E-state index in [-0.39, 0.29) is 24.4 Å². The second-order valence-electron chi connectivity index (χ2n) is 5.98. The van der Waals surface area contributed by atoms with Crippen molar-refractivity contribution in [2.24, 2.45) is 0 Å². The quantitative estimate of drug-likeness (QED) is 0.894. The lowest BCUT2D eigenvalue weighted by atomic mass is 10.0. The second kappa shape index (κ2) is 8.28. The van der Waals surface area contributed by atoms with Gasteiger partial charge >= 0.3 is 6.03 Å². The Morgan fingerprint density at radius 1 is 1.20 bits per heavy atom. The van der Waals surface area contributed by atoms with E-state index in [1.165, 1.54) is 0 Å². The van der Waals surface area contributed by atoms with Crippen LogP contribution >= 0.6 is 0 Å². The Balaban J connectivity index is 1.66. The molecule has 6 nitrogen and oxygen atoms in total. The molecule has 1 aliphatic rings. The minimum absolute atomic E-state index is 0.0300. The van der Waals surface area contributed by atoms with Crippen LogP contribution in [0.3, 0.4) is 0 Å². The highest BCUT2D eigenvalue weighted by atomic mass is 16.2. The van der Waals surface area contributed by atoms with Gasteiger partial charge in [-0.05, 0) is 17.7 Å². The van der Waals surface area contributed by atoms with Gasteiger partial charge in [-0.25, -0.2) is 4.79 Å². The van der Waals surface area contributed by atoms with E-state index in [1.807, 2.05) is 48.5 Å². The summed E-state index contributed by atoms with van der Waals surface area (Å²) < 4.78 is 0. The van der Waals surface area contributed by atoms with Crippen LogP contribution in [-0.2, 0) is 11.2 Å². The van der Waals surface area contributed by atoms with Gasteiger partial charge in [0.05, 0.1) is 12.5 Å². The third-order valence-corrected chi connectivity index (χ3v) is 4.26. The van der Waals surface area contributed by atoms with Crippen molar-refractivity contribution in [1.82, 2.24) is 20.5 Å². The monoisotopic (exact) mass is 338 g/mol. The average molecular weight is 338 g/mol. The molecule has 2 aromatic rings. The largest absolute Gasteiger partial charge is 0.354 e. The standard InChI is InChI=1S/C19H22N4O2/c24-18-14-17(15-6-2-1-3-7-15)23(13-12-21-18)19(25)22-11-9-16-8-4-5-10-20-16/h1-8,10,17H,9,11-14H2,(H,21,24)(H,22,25)/t17-/m0/s1. The van der Waals surface area contributed by atoms with Crippen molar-refractivity contribution in [2.75, 3.05) is 19.6 Å². The highest BCUT2D eigenvalue weighted by Gasteiger charge is 2.29. The summed E-state index contributed by atoms with van der Waals surface area (Å²) in [5.41, 5.74) is 1.91. The number of nitrogens with zero attached hydrogens (tertiary/aromatic N) is 2. The summed E-state index contributed by atoms with van der Waals surface area (Å²) in [6.45, 7) is 1.46. The molecule has 1 aromatic carbocycles. The lowest BCUT2D eigenvalue weighted by Crippen LogP contribution is -2.44. The summed E-state index contributed by atoms with van der Waals surface area (Å²) in [6, 6.07) is 15.0. The van der Waals surface area contributed by atoms with Gasteiger partial charge in [-0.2, -0.15) is 0 Å². The maximum absolute atomic E-state index is 12.7. The number of rotatable bonds is 4. The first-order valence-electron chi connectivity index (χ1n) is 8.50. The van der Waals surface area contributed by atoms with E-state index >= 15 is 0 Å². The Morgan fingerprint density at radius 3 is 2.76 bits per heavy atom. The second-order valence-corrected chi connectivity index (χ2v) is 5.98. The molecule has 0 saturated carbocycles. The number of carbonyl (C=O) groups is 2. The van der Waals surface area contributed by atoms with Crippen LogP contribution in [-0.4, -0.2) is 41.5 Å². The smallest absolute Gasteiger partial charge is 0.318 e. The molecule has 0 bridgehead atoms. The Bertz CT molecular complexity index is 706. The van der Waals surface area contributed by atoms with Crippen molar-refractivity contribution >= 4 is 11.9 Å². The topological polar surface area (TPSA) is 74.3 Å². The molecule has 1 aliphatic heterocycles. The Hall–Kier alpha value is -2.89. The molecule has 2 heterocycles. The molecular formula is C19H22N4O2. The van der Waals surface area contributed by atoms with E-state index in [2.05, 4.69) is 15.6 Å². The molecule has 0 unspecified atom stereocenters. The van der Waals surface area contributed by atoms with Crippen LogP contribution in [0.15, 0.2) is 54.7 Å². The minimum atomic E-state index is -0.251. The van der Waals surface area contributed by atoms with Crippen LogP contribution in [0.25, 0.3) is 0 Å². The van der Waals surface area contributed by atoms with E-state index in [9.17, 15) is 9.59 Å². The van der Waals surface area contributed by atoms with Crippen molar-refractivity contribution in [3.8, 4) is 0 Å². The van der Waals surface area contributed by atoms with Gasteiger partial charge in [-0.1, -0.05) is 36.4 Å². The molecule has 1 atom stereocenters. The predicted molar refractivity (Wildman–Crippen MR) is 94.9 cm³/mol. The van der Waals surface area contributed by atoms with Crippen molar-refractivity contribution in [1.29, 1.82) is 0 Å². The first kappa shape index (κ1) is 17.0. The summed E-state index contributed by atoms with van der Waals surface area (Å²) in [5, 5.41) is 5.79. The van der Waals surface area contributed by atoms with Crippen LogP contribution in [0.2, 0.25) is 0 Å². The first-order valence-corrected chi connectivity index (χ1v) is 8.50. The zero-order chi connectivity index (χ0) is 17.5. The van der Waals surface area contributed by atoms with E-state index in [1.54, 1.807) is 11.1 Å². The molecule has 3 amide bonds. The summed E-state index contributed by atoms with van der Waals surface area (Å²) in [4.78, 5) is 30.6. The maximum atomic E-state index is 12.7. The number of pyridine rings is 1. The van der Waals surface area contributed by atoms with E-state index in [0.29, 0.717) is 26.1 Å². The van der Waals surface area contributed by atoms with Crippen molar-refractivity contribution in [2.45, 2.75) is 18.9 Å². The van der Waals surface area contributed by atoms with Crippen LogP contribution < -0.4 is 10.6 Å². The third kappa shape index (κ3) is 4.56. The molecule has 0 spiro atoms. The normalized spacial score (nSPS) is 17.5. The van der Waals surface area contributed by atoms with Crippen LogP contribution in [0.4, 0.5) is 4.79 Å². The van der Waals surface area contributed by atoms with Gasteiger partial charge in [0.15, 0.2) is 0 Å². The van der Waals surface area contributed by atoms with E-state index in [0.717, 1.165) is 11.3 Å². The first-order chi connectivity index (χ1) is 12.2. The van der Waals surface area contributed by atoms with Crippen LogP contribution in [0.5, 0.6) is 0 Å². The lowest BCUT2D eigenvalue weighted by Gasteiger charge is -2.29. The number of nitrogens with one attached hydrogen (secondary N) is 2. The maximum Gasteiger partial charge on any atom is 0.318 e. The third-order valence-electron chi connectivity index (χ3n) is 4.26. The van der Waals surface area contributed by atoms with Crippen molar-refractivity contribution in [3.63, 3.8) is 0 Å². The van der Waals surface area contributed by atoms with Gasteiger partial charge in [0.25, 0.3) is 0 Å². The number of amides is 3. The zero-order valence-electron chi connectivity index (χ0n) is 14.0. The van der Waals surface area contributed by atoms with Gasteiger partial charge < -0.3 is 15.5 Å². The van der Waals surface area contributed by atoms with Gasteiger partial charge in [0.2, 0.25) is 5.91 Å². The van der Waals surface area contributed by atoms with Gasteiger partial charge in [-0.3, -0.25) is 9.78 Å². The Kier molecular flexibility index (Phi) is 5.61. The summed E-state index contributed by atoms with van der Waals surface area (Å²) in [7, 11) is 0. The number of benzene rings is 1. The fourth-order valence-electron chi connectivity index (χ4n) is 2.99. The fraction of sp³-hybridized carbons (Fsp3) is 0.316. The number of hydrogen-bond acceptors (Lipinski definition) is 3. The van der Waals surface area contributed by atoms with Crippen molar-refractivity contribution in [3.05, 3.63) is 66.0 Å². The predicted octanol–water partition coefficient (Wildman–Crippen LogP) is 1.90. The summed E-state index contributed by atoms with van der Waals surface area (Å²) in [5.74, 6) is -0.0300. The molecule has 2 N–H and O–H groups in total. The molecule has 1 aromatic heterocycles. The van der Waals surface area contributed by atoms with Crippen LogP contribution in [0.1, 0.15) is 23.7 Å². The highest BCUT2D eigenvalue weighted by Crippen LogP contribution is 2.25. The van der Waals surface area contributed by atoms with Gasteiger partial charge in [0.1, 0.15) is 0 Å². The molecule has 130 valence electrons. The molecular weight excluding hydrogens is 316 g/mol. The van der Waals surface area contributed by atoms with E-state index in [4.69, 9.17) is 0 Å². The molecule has 0 aliphatic carbocycles. The molecule has 6 heteroatoms. The molecule has 0 radical (unpaired) electrons. The zero-order valence-corrected chi connectivity index (χ0v) is 14.0. The van der Waals surface area contributed by atoms with Gasteiger partial charge in [0, 0.05) is 37.9 Å². The van der Waals surface area contributed by atoms with Crippen LogP contribution in [0, 0.1) is 0 Å². The molecule has 25 heavy (non-hydrogen) atoms.